The molecule has 0 bridgehead atoms. The van der Waals surface area contributed by atoms with Gasteiger partial charge < -0.3 is 11.4 Å². The molecule has 336 valence electrons. The monoisotopic (exact) mass is 835 g/mol. The van der Waals surface area contributed by atoms with Crippen LogP contribution in [0.2, 0.25) is 0 Å². The Hall–Kier alpha value is -2.05. The molecule has 9 nitrogen and oxygen atoms in total. The van der Waals surface area contributed by atoms with E-state index in [2.05, 4.69) is 0 Å². The minimum Gasteiger partial charge on any atom is -0.550 e. The molecule has 10 heteroatoms. The van der Waals surface area contributed by atoms with Crippen molar-refractivity contribution < 1.29 is 40.1 Å². The number of hydrogen-bond donors (Lipinski definition) is 0. The number of Topliss-reactive ketones (excluding diaryl/α,β-unsaturated/α-hetero) is 3. The van der Waals surface area contributed by atoms with Gasteiger partial charge in [0.25, 0.3) is 17.9 Å². The first kappa shape index (κ1) is 56.0. The van der Waals surface area contributed by atoms with Crippen molar-refractivity contribution in [2.24, 2.45) is 65.0 Å². The average molecular weight is 835 g/mol. The van der Waals surface area contributed by atoms with Gasteiger partial charge in [-0.25, -0.2) is 0 Å². The van der Waals surface area contributed by atoms with Crippen LogP contribution in [0, 0.1) is 65.0 Å². The first-order valence-electron chi connectivity index (χ1n) is 21.2. The van der Waals surface area contributed by atoms with Crippen molar-refractivity contribution in [3.8, 4) is 0 Å². The number of rotatable bonds is 12. The Bertz CT molecular complexity index is 1240. The van der Waals surface area contributed by atoms with Crippen LogP contribution in [0.25, 0.3) is 0 Å². The molecule has 0 unspecified atom stereocenters. The quantitative estimate of drug-likeness (QED) is 0.139. The van der Waals surface area contributed by atoms with Crippen molar-refractivity contribution in [3.05, 3.63) is 0 Å². The largest absolute Gasteiger partial charge is 1.20 e. The third-order valence-electron chi connectivity index (χ3n) is 13.0. The van der Waals surface area contributed by atoms with Gasteiger partial charge in [0.15, 0.2) is 17.3 Å². The summed E-state index contributed by atoms with van der Waals surface area (Å²) in [6.45, 7) is 53.3. The molecule has 0 saturated carbocycles. The molecule has 0 rings (SSSR count). The van der Waals surface area contributed by atoms with E-state index in [4.69, 9.17) is 11.4 Å². The molecular formula is C48H87AlO9. The van der Waals surface area contributed by atoms with Gasteiger partial charge in [0, 0.05) is 16.2 Å². The predicted molar refractivity (Wildman–Crippen MR) is 235 cm³/mol. The lowest BCUT2D eigenvalue weighted by molar-refractivity contribution is -0.170. The molecule has 0 amide bonds. The lowest BCUT2D eigenvalue weighted by Gasteiger charge is -2.59. The highest BCUT2D eigenvalue weighted by molar-refractivity contribution is 6.45. The highest BCUT2D eigenvalue weighted by Gasteiger charge is 2.65. The Morgan fingerprint density at radius 1 is 0.276 bits per heavy atom. The number of hydrogen-bond acceptors (Lipinski definition) is 9. The summed E-state index contributed by atoms with van der Waals surface area (Å²) in [5, 5.41) is 0. The van der Waals surface area contributed by atoms with Gasteiger partial charge in [0.1, 0.15) is 19.3 Å². The predicted octanol–water partition coefficient (Wildman–Crippen LogP) is 11.9. The summed E-state index contributed by atoms with van der Waals surface area (Å²) in [5.74, 6) is -4.17. The topological polar surface area (TPSA) is 130 Å². The Morgan fingerprint density at radius 2 is 0.397 bits per heavy atom. The molecule has 0 aromatic carbocycles. The standard InChI is InChI=1S/3C16H30O3.Al/c3*1-13(2,3)16(14(4,5)6,15(7,8)9)11(17)10-12(18)19;/h3*10H2,1-9H3,(H,18,19);/q;;;+3/p-3. The third kappa shape index (κ3) is 10.3. The average Bonchev–Trinajstić information content (AvgIpc) is 2.80. The third-order valence-corrected chi connectivity index (χ3v) is 14.3. The molecule has 0 aliphatic rings. The summed E-state index contributed by atoms with van der Waals surface area (Å²) in [5.41, 5.74) is -8.52. The maximum absolute atomic E-state index is 14.5. The highest BCUT2D eigenvalue weighted by Crippen LogP contribution is 2.64. The van der Waals surface area contributed by atoms with E-state index in [9.17, 15) is 28.8 Å². The van der Waals surface area contributed by atoms with Crippen molar-refractivity contribution in [2.75, 3.05) is 0 Å². The summed E-state index contributed by atoms with van der Waals surface area (Å²) >= 11 is -4.13. The molecule has 0 aliphatic carbocycles. The van der Waals surface area contributed by atoms with Gasteiger partial charge >= 0.3 is 15.1 Å². The van der Waals surface area contributed by atoms with E-state index in [1.165, 1.54) is 0 Å². The van der Waals surface area contributed by atoms with Gasteiger partial charge in [-0.3, -0.25) is 28.8 Å². The molecule has 0 heterocycles. The first-order chi connectivity index (χ1) is 25.0. The molecule has 0 N–H and O–H groups in total. The molecule has 0 spiro atoms. The summed E-state index contributed by atoms with van der Waals surface area (Å²) in [6, 6.07) is 0. The Labute approximate surface area is 360 Å². The van der Waals surface area contributed by atoms with E-state index in [1.54, 1.807) is 0 Å². The second-order valence-electron chi connectivity index (χ2n) is 26.1. The summed E-state index contributed by atoms with van der Waals surface area (Å²) < 4.78 is 17.1. The fourth-order valence-corrected chi connectivity index (χ4v) is 16.2. The van der Waals surface area contributed by atoms with E-state index < -0.39 is 117 Å². The van der Waals surface area contributed by atoms with Crippen LogP contribution in [0.1, 0.15) is 206 Å². The normalized spacial score (nSPS) is 14.7. The van der Waals surface area contributed by atoms with Gasteiger partial charge in [0.2, 0.25) is 0 Å². The molecule has 0 fully saturated rings. The van der Waals surface area contributed by atoms with Crippen molar-refractivity contribution in [3.63, 3.8) is 0 Å². The molecule has 0 aromatic heterocycles. The minimum atomic E-state index is -4.13. The van der Waals surface area contributed by atoms with Crippen LogP contribution in [0.4, 0.5) is 0 Å². The van der Waals surface area contributed by atoms with Crippen LogP contribution in [0.15, 0.2) is 0 Å². The fraction of sp³-hybridized carbons (Fsp3) is 0.875. The zero-order chi connectivity index (χ0) is 47.3. The molecule has 0 radical (unpaired) electrons. The Balaban J connectivity index is 7.34. The van der Waals surface area contributed by atoms with Crippen LogP contribution in [0.5, 0.6) is 0 Å². The molecule has 58 heavy (non-hydrogen) atoms. The number of carbonyl (C=O) groups is 6. The lowest BCUT2D eigenvalue weighted by Crippen LogP contribution is -2.60. The summed E-state index contributed by atoms with van der Waals surface area (Å²) in [7, 11) is 0. The second kappa shape index (κ2) is 17.0. The van der Waals surface area contributed by atoms with E-state index in [0.29, 0.717) is 0 Å². The number of ketones is 3. The minimum absolute atomic E-state index is 0.364. The van der Waals surface area contributed by atoms with Crippen LogP contribution in [-0.2, 0) is 40.1 Å². The summed E-state index contributed by atoms with van der Waals surface area (Å²) in [6.07, 6.45) is -2.03. The van der Waals surface area contributed by atoms with Gasteiger partial charge in [0.05, 0.1) is 0 Å². The van der Waals surface area contributed by atoms with E-state index in [0.717, 1.165) is 0 Å². The Morgan fingerprint density at radius 3 is 0.500 bits per heavy atom. The van der Waals surface area contributed by atoms with Gasteiger partial charge in [-0.2, -0.15) is 0 Å². The van der Waals surface area contributed by atoms with Crippen LogP contribution in [0.3, 0.4) is 0 Å². The van der Waals surface area contributed by atoms with Crippen molar-refractivity contribution in [2.45, 2.75) is 206 Å². The van der Waals surface area contributed by atoms with Gasteiger partial charge in [-0.15, -0.1) is 0 Å². The fourth-order valence-electron chi connectivity index (χ4n) is 15.2. The zero-order valence-electron chi connectivity index (χ0n) is 42.4. The van der Waals surface area contributed by atoms with Crippen molar-refractivity contribution in [1.82, 2.24) is 0 Å². The van der Waals surface area contributed by atoms with E-state index >= 15 is 0 Å². The van der Waals surface area contributed by atoms with Crippen LogP contribution < -0.4 is 0 Å². The van der Waals surface area contributed by atoms with Gasteiger partial charge in [-0.05, 0) is 48.7 Å². The van der Waals surface area contributed by atoms with E-state index in [1.807, 2.05) is 187 Å². The SMILES string of the molecule is CC(C)(C)C(C(=O)CC(=O)[O][Al]([O]C(=O)CC(=O)C(C(C)(C)C)(C(C)(C)C)C(C)(C)C)[O]C(=O)CC(=O)C(C(C)(C)C)(C(C)(C)C)C(C)(C)C)(C(C)(C)C)C(C)(C)C. The molecule has 0 aromatic rings. The molecular weight excluding hydrogens is 748 g/mol. The molecule has 0 saturated heterocycles. The Kier molecular flexibility index (Phi) is 16.4. The zero-order valence-corrected chi connectivity index (χ0v) is 43.5. The number of carbonyl (C=O) groups excluding carboxylic acids is 6. The molecule has 0 aliphatic heterocycles. The van der Waals surface area contributed by atoms with Crippen molar-refractivity contribution in [1.29, 1.82) is 0 Å². The smallest absolute Gasteiger partial charge is 0.550 e. The highest BCUT2D eigenvalue weighted by atomic mass is 27.3. The maximum atomic E-state index is 14.5. The first-order valence-corrected chi connectivity index (χ1v) is 22.6. The molecule has 0 atom stereocenters. The lowest BCUT2D eigenvalue weighted by atomic mass is 9.42. The van der Waals surface area contributed by atoms with E-state index in [-0.39, 0.29) is 17.3 Å². The second-order valence-corrected chi connectivity index (χ2v) is 27.3. The van der Waals surface area contributed by atoms with Crippen LogP contribution in [-0.4, -0.2) is 50.4 Å². The van der Waals surface area contributed by atoms with Gasteiger partial charge in [-0.1, -0.05) is 187 Å². The van der Waals surface area contributed by atoms with Crippen LogP contribution >= 0.6 is 0 Å². The summed E-state index contributed by atoms with van der Waals surface area (Å²) in [4.78, 5) is 85.2. The maximum Gasteiger partial charge on any atom is 1.20 e. The van der Waals surface area contributed by atoms with Crippen molar-refractivity contribution >= 4 is 50.4 Å².